The lowest BCUT2D eigenvalue weighted by atomic mass is 10.0. The van der Waals surface area contributed by atoms with Crippen LogP contribution in [0.1, 0.15) is 30.6 Å². The number of carbonyl (C=O) groups excluding carboxylic acids is 1. The highest BCUT2D eigenvalue weighted by molar-refractivity contribution is 6.32. The van der Waals surface area contributed by atoms with Gasteiger partial charge in [0.25, 0.3) is 5.91 Å². The molecule has 1 amide bonds. The number of benzene rings is 1. The van der Waals surface area contributed by atoms with E-state index in [1.165, 1.54) is 7.11 Å². The minimum absolute atomic E-state index is 0.0756. The van der Waals surface area contributed by atoms with E-state index in [-0.39, 0.29) is 18.6 Å². The van der Waals surface area contributed by atoms with Crippen LogP contribution in [0, 0.1) is 5.92 Å². The Balaban J connectivity index is 2.74. The van der Waals surface area contributed by atoms with Gasteiger partial charge in [0, 0.05) is 5.56 Å². The summed E-state index contributed by atoms with van der Waals surface area (Å²) in [6, 6.07) is 4.60. The molecular formula is C14H20ClNO3. The topological polar surface area (TPSA) is 58.6 Å². The molecule has 0 spiro atoms. The fraction of sp³-hybridized carbons (Fsp3) is 0.500. The van der Waals surface area contributed by atoms with Gasteiger partial charge in [-0.25, -0.2) is 0 Å². The van der Waals surface area contributed by atoms with E-state index in [0.29, 0.717) is 22.3 Å². The lowest BCUT2D eigenvalue weighted by Crippen LogP contribution is -2.38. The van der Waals surface area contributed by atoms with Gasteiger partial charge in [0.15, 0.2) is 0 Å². The maximum atomic E-state index is 12.0. The molecule has 106 valence electrons. The quantitative estimate of drug-likeness (QED) is 0.844. The number of aliphatic hydroxyl groups excluding tert-OH is 1. The molecule has 1 aromatic carbocycles. The minimum atomic E-state index is -0.246. The van der Waals surface area contributed by atoms with E-state index < -0.39 is 0 Å². The van der Waals surface area contributed by atoms with Crippen LogP contribution in [0.5, 0.6) is 5.75 Å². The summed E-state index contributed by atoms with van der Waals surface area (Å²) < 4.78 is 5.03. The minimum Gasteiger partial charge on any atom is -0.495 e. The summed E-state index contributed by atoms with van der Waals surface area (Å²) in [6.07, 6.45) is 0.728. The van der Waals surface area contributed by atoms with Crippen molar-refractivity contribution in [3.63, 3.8) is 0 Å². The average molecular weight is 286 g/mol. The Kier molecular flexibility index (Phi) is 6.12. The van der Waals surface area contributed by atoms with Crippen molar-refractivity contribution < 1.29 is 14.6 Å². The Hall–Kier alpha value is -1.26. The first kappa shape index (κ1) is 15.8. The molecule has 0 aliphatic heterocycles. The second-order valence-electron chi connectivity index (χ2n) is 4.83. The molecule has 0 heterocycles. The van der Waals surface area contributed by atoms with Crippen LogP contribution in [0.15, 0.2) is 18.2 Å². The largest absolute Gasteiger partial charge is 0.495 e. The molecule has 0 aromatic heterocycles. The van der Waals surface area contributed by atoms with Gasteiger partial charge in [-0.1, -0.05) is 25.4 Å². The number of ether oxygens (including phenoxy) is 1. The van der Waals surface area contributed by atoms with E-state index in [9.17, 15) is 9.90 Å². The molecule has 19 heavy (non-hydrogen) atoms. The number of hydrogen-bond donors (Lipinski definition) is 2. The summed E-state index contributed by atoms with van der Waals surface area (Å²) in [4.78, 5) is 12.0. The highest BCUT2D eigenvalue weighted by atomic mass is 35.5. The molecule has 0 bridgehead atoms. The highest BCUT2D eigenvalue weighted by Gasteiger charge is 2.15. The molecule has 0 aliphatic carbocycles. The number of hydrogen-bond acceptors (Lipinski definition) is 3. The van der Waals surface area contributed by atoms with E-state index in [2.05, 4.69) is 5.32 Å². The van der Waals surface area contributed by atoms with Crippen molar-refractivity contribution in [2.45, 2.75) is 26.3 Å². The van der Waals surface area contributed by atoms with Gasteiger partial charge in [0.1, 0.15) is 5.75 Å². The van der Waals surface area contributed by atoms with E-state index in [4.69, 9.17) is 16.3 Å². The Bertz CT molecular complexity index is 435. The SMILES string of the molecule is COc1ccc(C(=O)NC(CO)CC(C)C)cc1Cl. The standard InChI is InChI=1S/C14H20ClNO3/c1-9(2)6-11(8-17)16-14(18)10-4-5-13(19-3)12(15)7-10/h4-5,7,9,11,17H,6,8H2,1-3H3,(H,16,18). The summed E-state index contributed by atoms with van der Waals surface area (Å²) in [7, 11) is 1.52. The van der Waals surface area contributed by atoms with Gasteiger partial charge in [-0.05, 0) is 30.5 Å². The fourth-order valence-electron chi connectivity index (χ4n) is 1.82. The lowest BCUT2D eigenvalue weighted by molar-refractivity contribution is 0.0908. The number of nitrogens with one attached hydrogen (secondary N) is 1. The monoisotopic (exact) mass is 285 g/mol. The Morgan fingerprint density at radius 1 is 1.47 bits per heavy atom. The second-order valence-corrected chi connectivity index (χ2v) is 5.24. The van der Waals surface area contributed by atoms with Crippen LogP contribution in [0.2, 0.25) is 5.02 Å². The van der Waals surface area contributed by atoms with Crippen molar-refractivity contribution in [1.29, 1.82) is 0 Å². The first-order chi connectivity index (χ1) is 8.97. The molecule has 0 aliphatic rings. The number of carbonyl (C=O) groups is 1. The zero-order valence-corrected chi connectivity index (χ0v) is 12.2. The maximum absolute atomic E-state index is 12.0. The maximum Gasteiger partial charge on any atom is 0.251 e. The predicted molar refractivity (Wildman–Crippen MR) is 75.8 cm³/mol. The number of methoxy groups -OCH3 is 1. The molecule has 1 unspecified atom stereocenters. The average Bonchev–Trinajstić information content (AvgIpc) is 2.37. The molecule has 0 saturated carbocycles. The van der Waals surface area contributed by atoms with Crippen LogP contribution in [0.4, 0.5) is 0 Å². The smallest absolute Gasteiger partial charge is 0.251 e. The van der Waals surface area contributed by atoms with Gasteiger partial charge < -0.3 is 15.2 Å². The summed E-state index contributed by atoms with van der Waals surface area (Å²) in [6.45, 7) is 4.01. The number of rotatable bonds is 6. The van der Waals surface area contributed by atoms with Crippen molar-refractivity contribution in [2.24, 2.45) is 5.92 Å². The van der Waals surface area contributed by atoms with Crippen LogP contribution in [0.25, 0.3) is 0 Å². The molecular weight excluding hydrogens is 266 g/mol. The molecule has 4 nitrogen and oxygen atoms in total. The zero-order valence-electron chi connectivity index (χ0n) is 11.4. The van der Waals surface area contributed by atoms with Crippen molar-refractivity contribution in [1.82, 2.24) is 5.32 Å². The van der Waals surface area contributed by atoms with Crippen LogP contribution in [-0.4, -0.2) is 30.8 Å². The number of amides is 1. The van der Waals surface area contributed by atoms with Crippen LogP contribution < -0.4 is 10.1 Å². The zero-order chi connectivity index (χ0) is 14.4. The van der Waals surface area contributed by atoms with Gasteiger partial charge in [-0.15, -0.1) is 0 Å². The third-order valence-corrected chi connectivity index (χ3v) is 3.02. The van der Waals surface area contributed by atoms with Gasteiger partial charge in [-0.3, -0.25) is 4.79 Å². The second kappa shape index (κ2) is 7.36. The van der Waals surface area contributed by atoms with Gasteiger partial charge in [0.2, 0.25) is 0 Å². The van der Waals surface area contributed by atoms with E-state index in [1.807, 2.05) is 13.8 Å². The number of aliphatic hydroxyl groups is 1. The Morgan fingerprint density at radius 2 is 2.16 bits per heavy atom. The first-order valence-electron chi connectivity index (χ1n) is 6.23. The van der Waals surface area contributed by atoms with Gasteiger partial charge in [-0.2, -0.15) is 0 Å². The molecule has 1 rings (SSSR count). The lowest BCUT2D eigenvalue weighted by Gasteiger charge is -2.18. The van der Waals surface area contributed by atoms with E-state index >= 15 is 0 Å². The van der Waals surface area contributed by atoms with Crippen LogP contribution >= 0.6 is 11.6 Å². The summed E-state index contributed by atoms with van der Waals surface area (Å²) in [5.74, 6) is 0.681. The van der Waals surface area contributed by atoms with Crippen molar-refractivity contribution in [3.05, 3.63) is 28.8 Å². The van der Waals surface area contributed by atoms with Crippen LogP contribution in [0.3, 0.4) is 0 Å². The van der Waals surface area contributed by atoms with E-state index in [0.717, 1.165) is 6.42 Å². The number of halogens is 1. The third-order valence-electron chi connectivity index (χ3n) is 2.73. The normalized spacial score (nSPS) is 12.3. The van der Waals surface area contributed by atoms with Gasteiger partial charge in [0.05, 0.1) is 24.8 Å². The fourth-order valence-corrected chi connectivity index (χ4v) is 2.08. The first-order valence-corrected chi connectivity index (χ1v) is 6.61. The van der Waals surface area contributed by atoms with E-state index in [1.54, 1.807) is 18.2 Å². The summed E-state index contributed by atoms with van der Waals surface area (Å²) in [5, 5.41) is 12.4. The molecule has 2 N–H and O–H groups in total. The summed E-state index contributed by atoms with van der Waals surface area (Å²) >= 11 is 5.97. The Labute approximate surface area is 118 Å². The highest BCUT2D eigenvalue weighted by Crippen LogP contribution is 2.24. The van der Waals surface area contributed by atoms with Crippen molar-refractivity contribution in [2.75, 3.05) is 13.7 Å². The third kappa shape index (κ3) is 4.73. The molecule has 1 atom stereocenters. The predicted octanol–water partition coefficient (Wildman–Crippen LogP) is 2.49. The van der Waals surface area contributed by atoms with Crippen LogP contribution in [-0.2, 0) is 0 Å². The Morgan fingerprint density at radius 3 is 2.63 bits per heavy atom. The molecule has 5 heteroatoms. The molecule has 0 radical (unpaired) electrons. The van der Waals surface area contributed by atoms with Crippen molar-refractivity contribution >= 4 is 17.5 Å². The molecule has 0 saturated heterocycles. The van der Waals surface area contributed by atoms with Gasteiger partial charge >= 0.3 is 0 Å². The summed E-state index contributed by atoms with van der Waals surface area (Å²) in [5.41, 5.74) is 0.452. The molecule has 1 aromatic rings. The van der Waals surface area contributed by atoms with Crippen molar-refractivity contribution in [3.8, 4) is 5.75 Å². The molecule has 0 fully saturated rings.